The van der Waals surface area contributed by atoms with Crippen molar-refractivity contribution in [2.75, 3.05) is 13.2 Å². The predicted molar refractivity (Wildman–Crippen MR) is 101 cm³/mol. The zero-order chi connectivity index (χ0) is 18.1. The van der Waals surface area contributed by atoms with Gasteiger partial charge in [0.2, 0.25) is 0 Å². The van der Waals surface area contributed by atoms with Crippen LogP contribution in [0.1, 0.15) is 97.8 Å². The molecule has 0 saturated heterocycles. The number of rotatable bonds is 18. The van der Waals surface area contributed by atoms with E-state index in [2.05, 4.69) is 13.8 Å². The van der Waals surface area contributed by atoms with Crippen molar-refractivity contribution in [3.05, 3.63) is 0 Å². The molecule has 0 amide bonds. The van der Waals surface area contributed by atoms with E-state index in [0.717, 1.165) is 25.7 Å². The van der Waals surface area contributed by atoms with E-state index >= 15 is 0 Å². The van der Waals surface area contributed by atoms with Crippen molar-refractivity contribution in [2.45, 2.75) is 104 Å². The summed E-state index contributed by atoms with van der Waals surface area (Å²) in [6.07, 6.45) is 13.1. The fourth-order valence-corrected chi connectivity index (χ4v) is 3.73. The minimum Gasteiger partial charge on any atom is -0.306 e. The molecule has 6 heteroatoms. The molecule has 24 heavy (non-hydrogen) atoms. The first-order chi connectivity index (χ1) is 11.5. The summed E-state index contributed by atoms with van der Waals surface area (Å²) in [5, 5.41) is 0. The van der Waals surface area contributed by atoms with Gasteiger partial charge in [-0.3, -0.25) is 13.6 Å². The van der Waals surface area contributed by atoms with Crippen LogP contribution in [0.5, 0.6) is 0 Å². The third-order valence-corrected chi connectivity index (χ3v) is 5.38. The lowest BCUT2D eigenvalue weighted by atomic mass is 10.1. The number of phosphoric acid groups is 1. The summed E-state index contributed by atoms with van der Waals surface area (Å²) < 4.78 is 28.6. The van der Waals surface area contributed by atoms with E-state index in [1.54, 1.807) is 6.92 Å². The van der Waals surface area contributed by atoms with Crippen LogP contribution < -0.4 is 5.73 Å². The lowest BCUT2D eigenvalue weighted by Crippen LogP contribution is -2.19. The van der Waals surface area contributed by atoms with E-state index in [9.17, 15) is 4.57 Å². The highest BCUT2D eigenvalue weighted by molar-refractivity contribution is 7.48. The summed E-state index contributed by atoms with van der Waals surface area (Å²) in [4.78, 5) is 0. The van der Waals surface area contributed by atoms with Gasteiger partial charge in [-0.05, 0) is 19.8 Å². The molecule has 0 aliphatic heterocycles. The average molecular weight is 365 g/mol. The average Bonchev–Trinajstić information content (AvgIpc) is 2.52. The van der Waals surface area contributed by atoms with Crippen LogP contribution in [0.2, 0.25) is 0 Å². The molecular formula is C18H40NO4P. The molecule has 146 valence electrons. The van der Waals surface area contributed by atoms with Crippen LogP contribution in [0.4, 0.5) is 0 Å². The van der Waals surface area contributed by atoms with Crippen LogP contribution in [0.15, 0.2) is 0 Å². The van der Waals surface area contributed by atoms with Gasteiger partial charge in [0, 0.05) is 0 Å². The van der Waals surface area contributed by atoms with Crippen molar-refractivity contribution in [1.82, 2.24) is 0 Å². The van der Waals surface area contributed by atoms with E-state index in [-0.39, 0.29) is 0 Å². The monoisotopic (exact) mass is 365 g/mol. The van der Waals surface area contributed by atoms with Gasteiger partial charge >= 0.3 is 7.82 Å². The molecule has 0 spiro atoms. The van der Waals surface area contributed by atoms with Gasteiger partial charge in [0.1, 0.15) is 6.23 Å². The molecule has 0 heterocycles. The summed E-state index contributed by atoms with van der Waals surface area (Å²) >= 11 is 0. The highest BCUT2D eigenvalue weighted by Gasteiger charge is 2.28. The summed E-state index contributed by atoms with van der Waals surface area (Å²) in [7, 11) is -3.52. The van der Waals surface area contributed by atoms with Crippen LogP contribution in [0.3, 0.4) is 0 Å². The summed E-state index contributed by atoms with van der Waals surface area (Å²) in [6, 6.07) is 0. The largest absolute Gasteiger partial charge is 0.476 e. The maximum absolute atomic E-state index is 12.5. The third-order valence-electron chi connectivity index (χ3n) is 3.79. The zero-order valence-corrected chi connectivity index (χ0v) is 17.0. The highest BCUT2D eigenvalue weighted by Crippen LogP contribution is 2.50. The van der Waals surface area contributed by atoms with E-state index in [4.69, 9.17) is 19.3 Å². The van der Waals surface area contributed by atoms with Crippen molar-refractivity contribution in [3.8, 4) is 0 Å². The molecule has 0 rings (SSSR count). The SMILES string of the molecule is CCCCCCCCOP(=O)(OCCCCCCCC)OC(C)N. The van der Waals surface area contributed by atoms with Crippen LogP contribution in [0.25, 0.3) is 0 Å². The molecule has 0 aromatic heterocycles. The minimum absolute atomic E-state index is 0.395. The lowest BCUT2D eigenvalue weighted by molar-refractivity contribution is 0.0845. The molecule has 5 nitrogen and oxygen atoms in total. The van der Waals surface area contributed by atoms with Gasteiger partial charge in [0.05, 0.1) is 13.2 Å². The van der Waals surface area contributed by atoms with Gasteiger partial charge in [-0.2, -0.15) is 0 Å². The van der Waals surface area contributed by atoms with Crippen molar-refractivity contribution in [2.24, 2.45) is 5.73 Å². The van der Waals surface area contributed by atoms with Crippen molar-refractivity contribution in [3.63, 3.8) is 0 Å². The normalized spacial score (nSPS) is 13.3. The Kier molecular flexibility index (Phi) is 16.6. The fourth-order valence-electron chi connectivity index (χ4n) is 2.42. The Labute approximate surface area is 149 Å². The summed E-state index contributed by atoms with van der Waals surface area (Å²) in [5.74, 6) is 0. The maximum atomic E-state index is 12.5. The van der Waals surface area contributed by atoms with Crippen molar-refractivity contribution >= 4 is 7.82 Å². The van der Waals surface area contributed by atoms with E-state index < -0.39 is 14.1 Å². The quantitative estimate of drug-likeness (QED) is 0.179. The van der Waals surface area contributed by atoms with Crippen LogP contribution in [-0.2, 0) is 18.1 Å². The summed E-state index contributed by atoms with van der Waals surface area (Å²) in [5.41, 5.74) is 5.59. The third kappa shape index (κ3) is 15.6. The standard InChI is InChI=1S/C18H40NO4P/c1-4-6-8-10-12-14-16-21-24(20,23-18(3)19)22-17-15-13-11-9-7-5-2/h18H,4-17,19H2,1-3H3. The summed E-state index contributed by atoms with van der Waals surface area (Å²) in [6.45, 7) is 6.83. The van der Waals surface area contributed by atoms with E-state index in [0.29, 0.717) is 13.2 Å². The fraction of sp³-hybridized carbons (Fsp3) is 1.00. The van der Waals surface area contributed by atoms with Crippen LogP contribution in [0, 0.1) is 0 Å². The molecular weight excluding hydrogens is 325 g/mol. The molecule has 1 atom stereocenters. The topological polar surface area (TPSA) is 70.8 Å². The van der Waals surface area contributed by atoms with Crippen LogP contribution >= 0.6 is 7.82 Å². The second-order valence-corrected chi connectivity index (χ2v) is 8.08. The lowest BCUT2D eigenvalue weighted by Gasteiger charge is -2.20. The molecule has 0 fully saturated rings. The first kappa shape index (κ1) is 24.1. The maximum Gasteiger partial charge on any atom is 0.476 e. The number of unbranched alkanes of at least 4 members (excludes halogenated alkanes) is 10. The number of hydrogen-bond donors (Lipinski definition) is 1. The van der Waals surface area contributed by atoms with Crippen LogP contribution in [-0.4, -0.2) is 19.4 Å². The molecule has 0 aliphatic carbocycles. The second-order valence-electron chi connectivity index (χ2n) is 6.46. The predicted octanol–water partition coefficient (Wildman–Crippen LogP) is 6.17. The molecule has 0 saturated carbocycles. The highest BCUT2D eigenvalue weighted by atomic mass is 31.2. The Morgan fingerprint density at radius 1 is 0.750 bits per heavy atom. The molecule has 0 aromatic rings. The Morgan fingerprint density at radius 3 is 1.50 bits per heavy atom. The van der Waals surface area contributed by atoms with Gasteiger partial charge < -0.3 is 5.73 Å². The van der Waals surface area contributed by atoms with Crippen molar-refractivity contribution < 1.29 is 18.1 Å². The number of nitrogens with two attached hydrogens (primary N) is 1. The molecule has 1 unspecified atom stereocenters. The van der Waals surface area contributed by atoms with Gasteiger partial charge in [0.25, 0.3) is 0 Å². The molecule has 0 bridgehead atoms. The van der Waals surface area contributed by atoms with E-state index in [1.165, 1.54) is 51.4 Å². The molecule has 0 aromatic carbocycles. The Bertz CT molecular complexity index is 291. The van der Waals surface area contributed by atoms with E-state index in [1.807, 2.05) is 0 Å². The van der Waals surface area contributed by atoms with Gasteiger partial charge in [-0.25, -0.2) is 4.57 Å². The smallest absolute Gasteiger partial charge is 0.306 e. The molecule has 2 N–H and O–H groups in total. The minimum atomic E-state index is -3.52. The number of phosphoric ester groups is 1. The Hall–Kier alpha value is 0.0700. The van der Waals surface area contributed by atoms with Gasteiger partial charge in [0.15, 0.2) is 0 Å². The number of hydrogen-bond acceptors (Lipinski definition) is 5. The zero-order valence-electron chi connectivity index (χ0n) is 16.1. The van der Waals surface area contributed by atoms with Gasteiger partial charge in [-0.15, -0.1) is 0 Å². The second kappa shape index (κ2) is 16.5. The molecule has 0 aliphatic rings. The first-order valence-electron chi connectivity index (χ1n) is 9.87. The Balaban J connectivity index is 3.88. The first-order valence-corrected chi connectivity index (χ1v) is 11.3. The van der Waals surface area contributed by atoms with Crippen molar-refractivity contribution in [1.29, 1.82) is 0 Å². The Morgan fingerprint density at radius 2 is 1.12 bits per heavy atom. The molecule has 0 radical (unpaired) electrons. The van der Waals surface area contributed by atoms with Gasteiger partial charge in [-0.1, -0.05) is 78.1 Å².